The minimum absolute atomic E-state index is 0.00191. The molecule has 202 valence electrons. The molecule has 0 radical (unpaired) electrons. The summed E-state index contributed by atoms with van der Waals surface area (Å²) in [5.74, 6) is -0.671. The van der Waals surface area contributed by atoms with Crippen LogP contribution in [0.1, 0.15) is 17.0 Å². The normalized spacial score (nSPS) is 11.6. The quantitative estimate of drug-likeness (QED) is 0.169. The molecule has 0 spiro atoms. The molecule has 0 aliphatic carbocycles. The third kappa shape index (κ3) is 6.42. The summed E-state index contributed by atoms with van der Waals surface area (Å²) in [6, 6.07) is 19.3. The molecule has 12 heteroatoms. The first-order valence-corrected chi connectivity index (χ1v) is 14.4. The number of nitrogens with one attached hydrogen (secondary N) is 1. The fraction of sp³-hybridized carbons (Fsp3) is 0.111. The van der Waals surface area contributed by atoms with Crippen molar-refractivity contribution in [3.8, 4) is 5.69 Å². The second-order valence-corrected chi connectivity index (χ2v) is 12.0. The monoisotopic (exact) mass is 622 g/mol. The minimum atomic E-state index is -4.14. The number of hydrogen-bond donors (Lipinski definition) is 1. The summed E-state index contributed by atoms with van der Waals surface area (Å²) in [6.07, 6.45) is 1.49. The van der Waals surface area contributed by atoms with Gasteiger partial charge in [-0.1, -0.05) is 64.6 Å². The Balaban J connectivity index is 1.57. The number of carbonyl (C=O) groups is 1. The predicted octanol–water partition coefficient (Wildman–Crippen LogP) is 7.05. The fourth-order valence-corrected chi connectivity index (χ4v) is 6.30. The van der Waals surface area contributed by atoms with E-state index in [0.29, 0.717) is 15.1 Å². The Hall–Kier alpha value is -3.01. The summed E-state index contributed by atoms with van der Waals surface area (Å²) in [6.45, 7) is 3.25. The smallest absolute Gasteiger partial charge is 0.264 e. The number of sulfonamides is 1. The Bertz CT molecular complexity index is 1670. The number of benzene rings is 3. The molecule has 1 N–H and O–H groups in total. The van der Waals surface area contributed by atoms with Gasteiger partial charge in [0, 0.05) is 27.7 Å². The van der Waals surface area contributed by atoms with Crippen molar-refractivity contribution in [3.63, 3.8) is 0 Å². The lowest BCUT2D eigenvalue weighted by molar-refractivity contribution is -0.119. The van der Waals surface area contributed by atoms with Crippen LogP contribution in [-0.2, 0) is 14.8 Å². The van der Waals surface area contributed by atoms with Gasteiger partial charge in [-0.2, -0.15) is 5.10 Å². The van der Waals surface area contributed by atoms with Crippen molar-refractivity contribution < 1.29 is 13.2 Å². The first kappa shape index (κ1) is 29.0. The Morgan fingerprint density at radius 2 is 1.64 bits per heavy atom. The van der Waals surface area contributed by atoms with Gasteiger partial charge in [-0.15, -0.1) is 0 Å². The Labute approximate surface area is 246 Å². The lowest BCUT2D eigenvalue weighted by atomic mass is 10.2. The van der Waals surface area contributed by atoms with E-state index in [1.165, 1.54) is 36.5 Å². The van der Waals surface area contributed by atoms with Crippen molar-refractivity contribution in [3.05, 3.63) is 110 Å². The van der Waals surface area contributed by atoms with Gasteiger partial charge in [0.2, 0.25) is 0 Å². The maximum absolute atomic E-state index is 13.5. The lowest BCUT2D eigenvalue weighted by Gasteiger charge is -2.24. The van der Waals surface area contributed by atoms with Crippen molar-refractivity contribution in [2.45, 2.75) is 18.7 Å². The van der Waals surface area contributed by atoms with E-state index in [1.807, 2.05) is 30.5 Å². The number of anilines is 1. The van der Waals surface area contributed by atoms with Gasteiger partial charge in [0.05, 0.1) is 31.9 Å². The van der Waals surface area contributed by atoms with Crippen LogP contribution >= 0.6 is 46.4 Å². The van der Waals surface area contributed by atoms with Crippen LogP contribution in [0.5, 0.6) is 0 Å². The molecule has 1 amide bonds. The number of hydrazone groups is 1. The molecule has 0 bridgehead atoms. The molecule has 1 heterocycles. The molecule has 3 aromatic carbocycles. The number of amides is 1. The van der Waals surface area contributed by atoms with Crippen molar-refractivity contribution in [1.82, 2.24) is 9.99 Å². The highest BCUT2D eigenvalue weighted by Crippen LogP contribution is 2.32. The Morgan fingerprint density at radius 3 is 2.31 bits per heavy atom. The molecule has 0 fully saturated rings. The van der Waals surface area contributed by atoms with Crippen LogP contribution in [0.2, 0.25) is 20.1 Å². The molecule has 0 atom stereocenters. The van der Waals surface area contributed by atoms with Gasteiger partial charge in [0.15, 0.2) is 0 Å². The van der Waals surface area contributed by atoms with Crippen LogP contribution in [0, 0.1) is 13.8 Å². The van der Waals surface area contributed by atoms with Crippen molar-refractivity contribution in [2.75, 3.05) is 10.8 Å². The molecule has 4 rings (SSSR count). The Kier molecular flexibility index (Phi) is 8.93. The van der Waals surface area contributed by atoms with Crippen molar-refractivity contribution in [1.29, 1.82) is 0 Å². The van der Waals surface area contributed by atoms with E-state index in [0.717, 1.165) is 26.9 Å². The van der Waals surface area contributed by atoms with Crippen LogP contribution < -0.4 is 9.73 Å². The van der Waals surface area contributed by atoms with Gasteiger partial charge >= 0.3 is 0 Å². The van der Waals surface area contributed by atoms with Crippen LogP contribution in [0.15, 0.2) is 82.8 Å². The summed E-state index contributed by atoms with van der Waals surface area (Å²) >= 11 is 24.6. The first-order chi connectivity index (χ1) is 18.5. The SMILES string of the molecule is Cc1cc(/C=N\NC(=O)CN(c2ccc(Cl)cc2Cl)S(=O)(=O)c2ccccc2)c(C)n1-c1ccc(Cl)c(Cl)c1. The van der Waals surface area contributed by atoms with Gasteiger partial charge in [0.1, 0.15) is 6.54 Å². The number of aryl methyl sites for hydroxylation is 1. The summed E-state index contributed by atoms with van der Waals surface area (Å²) in [4.78, 5) is 12.9. The molecule has 4 aromatic rings. The molecule has 1 aromatic heterocycles. The van der Waals surface area contributed by atoms with E-state index in [2.05, 4.69) is 10.5 Å². The van der Waals surface area contributed by atoms with Crippen LogP contribution in [0.3, 0.4) is 0 Å². The highest BCUT2D eigenvalue weighted by Gasteiger charge is 2.28. The van der Waals surface area contributed by atoms with Crippen LogP contribution in [0.25, 0.3) is 5.69 Å². The standard InChI is InChI=1S/C27H22Cl4N4O3S/c1-17-12-19(18(2)35(17)21-9-10-23(29)24(30)14-21)15-32-33-27(36)16-34(26-11-8-20(28)13-25(26)31)39(37,38)22-6-4-3-5-7-22/h3-15H,16H2,1-2H3,(H,33,36)/b32-15-. The molecule has 7 nitrogen and oxygen atoms in total. The average molecular weight is 624 g/mol. The number of hydrogen-bond acceptors (Lipinski definition) is 4. The van der Waals surface area contributed by atoms with E-state index in [1.54, 1.807) is 30.3 Å². The summed E-state index contributed by atoms with van der Waals surface area (Å²) in [5.41, 5.74) is 5.84. The van der Waals surface area contributed by atoms with Gasteiger partial charge in [0.25, 0.3) is 15.9 Å². The molecule has 0 saturated carbocycles. The number of aromatic nitrogens is 1. The van der Waals surface area contributed by atoms with Crippen molar-refractivity contribution >= 4 is 74.2 Å². The number of rotatable bonds is 8. The lowest BCUT2D eigenvalue weighted by Crippen LogP contribution is -2.39. The van der Waals surface area contributed by atoms with Gasteiger partial charge in [-0.3, -0.25) is 9.10 Å². The number of halogens is 4. The molecule has 39 heavy (non-hydrogen) atoms. The van der Waals surface area contributed by atoms with Crippen LogP contribution in [-0.4, -0.2) is 31.7 Å². The third-order valence-corrected chi connectivity index (χ3v) is 8.87. The van der Waals surface area contributed by atoms with E-state index in [9.17, 15) is 13.2 Å². The minimum Gasteiger partial charge on any atom is -0.318 e. The topological polar surface area (TPSA) is 83.8 Å². The van der Waals surface area contributed by atoms with Gasteiger partial charge in [-0.05, 0) is 68.4 Å². The maximum Gasteiger partial charge on any atom is 0.264 e. The predicted molar refractivity (Wildman–Crippen MR) is 158 cm³/mol. The molecule has 0 saturated heterocycles. The van der Waals surface area contributed by atoms with Crippen LogP contribution in [0.4, 0.5) is 5.69 Å². The van der Waals surface area contributed by atoms with Gasteiger partial charge in [-0.25, -0.2) is 13.8 Å². The summed E-state index contributed by atoms with van der Waals surface area (Å²) in [7, 11) is -4.14. The first-order valence-electron chi connectivity index (χ1n) is 11.5. The second-order valence-electron chi connectivity index (χ2n) is 8.47. The zero-order valence-corrected chi connectivity index (χ0v) is 24.5. The van der Waals surface area contributed by atoms with Gasteiger partial charge < -0.3 is 4.57 Å². The average Bonchev–Trinajstić information content (AvgIpc) is 3.17. The van der Waals surface area contributed by atoms with E-state index >= 15 is 0 Å². The number of nitrogens with zero attached hydrogens (tertiary/aromatic N) is 3. The highest BCUT2D eigenvalue weighted by atomic mass is 35.5. The fourth-order valence-electron chi connectivity index (χ4n) is 3.98. The molecule has 0 aliphatic heterocycles. The molecule has 0 unspecified atom stereocenters. The van der Waals surface area contributed by atoms with E-state index in [4.69, 9.17) is 46.4 Å². The third-order valence-electron chi connectivity index (χ3n) is 5.82. The van der Waals surface area contributed by atoms with E-state index < -0.39 is 22.5 Å². The zero-order chi connectivity index (χ0) is 28.3. The highest BCUT2D eigenvalue weighted by molar-refractivity contribution is 7.92. The van der Waals surface area contributed by atoms with Crippen molar-refractivity contribution in [2.24, 2.45) is 5.10 Å². The number of carbonyl (C=O) groups excluding carboxylic acids is 1. The maximum atomic E-state index is 13.5. The molecule has 0 aliphatic rings. The van der Waals surface area contributed by atoms with E-state index in [-0.39, 0.29) is 15.6 Å². The Morgan fingerprint density at radius 1 is 0.923 bits per heavy atom. The molecular formula is C27H22Cl4N4O3S. The zero-order valence-electron chi connectivity index (χ0n) is 20.7. The molecular weight excluding hydrogens is 602 g/mol. The summed E-state index contributed by atoms with van der Waals surface area (Å²) < 4.78 is 29.8. The second kappa shape index (κ2) is 12.0. The summed E-state index contributed by atoms with van der Waals surface area (Å²) in [5, 5.41) is 5.35. The largest absolute Gasteiger partial charge is 0.318 e.